The average Bonchev–Trinajstić information content (AvgIpc) is 2.57. The maximum absolute atomic E-state index is 5.84. The van der Waals surface area contributed by atoms with Gasteiger partial charge in [0.1, 0.15) is 5.69 Å². The van der Waals surface area contributed by atoms with Crippen molar-refractivity contribution in [3.63, 3.8) is 0 Å². The van der Waals surface area contributed by atoms with Gasteiger partial charge >= 0.3 is 0 Å². The third-order valence-corrected chi connectivity index (χ3v) is 2.40. The van der Waals surface area contributed by atoms with Crippen LogP contribution < -0.4 is 16.2 Å². The summed E-state index contributed by atoms with van der Waals surface area (Å²) in [5.74, 6) is 0.735. The lowest BCUT2D eigenvalue weighted by atomic mass is 10.2. The Morgan fingerprint density at radius 1 is 1.19 bits per heavy atom. The maximum atomic E-state index is 5.84. The predicted molar refractivity (Wildman–Crippen MR) is 63.7 cm³/mol. The van der Waals surface area contributed by atoms with E-state index >= 15 is 0 Å². The van der Waals surface area contributed by atoms with Gasteiger partial charge in [0, 0.05) is 0 Å². The summed E-state index contributed by atoms with van der Waals surface area (Å²) in [6.07, 6.45) is 0. The van der Waals surface area contributed by atoms with E-state index in [1.54, 1.807) is 4.68 Å². The Morgan fingerprint density at radius 2 is 1.81 bits per heavy atom. The summed E-state index contributed by atoms with van der Waals surface area (Å²) in [7, 11) is 1.51. The first-order valence-corrected chi connectivity index (χ1v) is 4.88. The number of aromatic nitrogens is 2. The van der Waals surface area contributed by atoms with Crippen molar-refractivity contribution in [2.75, 3.05) is 18.6 Å². The van der Waals surface area contributed by atoms with E-state index in [-0.39, 0.29) is 0 Å². The summed E-state index contributed by atoms with van der Waals surface area (Å²) in [4.78, 5) is 0. The minimum absolute atomic E-state index is 0.345. The third kappa shape index (κ3) is 1.56. The number of hydrogen-bond acceptors (Lipinski definition) is 4. The zero-order chi connectivity index (χ0) is 11.7. The van der Waals surface area contributed by atoms with Crippen LogP contribution in [0, 0.1) is 6.92 Å². The van der Waals surface area contributed by atoms with E-state index in [1.807, 2.05) is 31.2 Å². The first-order chi connectivity index (χ1) is 7.63. The number of nitrogens with two attached hydrogens (primary N) is 2. The highest BCUT2D eigenvalue weighted by molar-refractivity contribution is 5.67. The molecule has 0 saturated carbocycles. The standard InChI is InChI=1S/C11H14N4O/c1-7-3-5-8(6-4-7)15-10(13)9(12)11(14-15)16-2/h3-6H,12-13H2,1-2H3. The van der Waals surface area contributed by atoms with Crippen LogP contribution in [0.3, 0.4) is 0 Å². The van der Waals surface area contributed by atoms with Crippen LogP contribution in [-0.2, 0) is 0 Å². The second-order valence-electron chi connectivity index (χ2n) is 3.56. The number of anilines is 2. The molecule has 84 valence electrons. The molecule has 4 N–H and O–H groups in total. The maximum Gasteiger partial charge on any atom is 0.258 e. The fraction of sp³-hybridized carbons (Fsp3) is 0.182. The van der Waals surface area contributed by atoms with E-state index in [1.165, 1.54) is 12.7 Å². The normalized spacial score (nSPS) is 10.4. The molecule has 1 heterocycles. The van der Waals surface area contributed by atoms with Gasteiger partial charge in [-0.1, -0.05) is 17.7 Å². The molecule has 2 rings (SSSR count). The third-order valence-electron chi connectivity index (χ3n) is 2.40. The van der Waals surface area contributed by atoms with Gasteiger partial charge in [-0.2, -0.15) is 0 Å². The Hall–Kier alpha value is -2.17. The lowest BCUT2D eigenvalue weighted by Crippen LogP contribution is -2.02. The van der Waals surface area contributed by atoms with Crippen LogP contribution in [0.2, 0.25) is 0 Å². The molecule has 0 fully saturated rings. The average molecular weight is 218 g/mol. The highest BCUT2D eigenvalue weighted by atomic mass is 16.5. The molecule has 1 aromatic heterocycles. The van der Waals surface area contributed by atoms with Crippen LogP contribution in [-0.4, -0.2) is 16.9 Å². The Kier molecular flexibility index (Phi) is 2.44. The summed E-state index contributed by atoms with van der Waals surface area (Å²) in [5.41, 5.74) is 14.0. The van der Waals surface area contributed by atoms with Crippen LogP contribution in [0.1, 0.15) is 5.56 Å². The van der Waals surface area contributed by atoms with Gasteiger partial charge in [0.05, 0.1) is 12.8 Å². The van der Waals surface area contributed by atoms with Gasteiger partial charge in [0.15, 0.2) is 5.82 Å². The number of methoxy groups -OCH3 is 1. The lowest BCUT2D eigenvalue weighted by molar-refractivity contribution is 0.396. The monoisotopic (exact) mass is 218 g/mol. The highest BCUT2D eigenvalue weighted by Crippen LogP contribution is 2.28. The van der Waals surface area contributed by atoms with Gasteiger partial charge in [-0.05, 0) is 19.1 Å². The first kappa shape index (κ1) is 10.4. The van der Waals surface area contributed by atoms with E-state index in [4.69, 9.17) is 16.2 Å². The van der Waals surface area contributed by atoms with Gasteiger partial charge in [-0.3, -0.25) is 0 Å². The number of aryl methyl sites for hydroxylation is 1. The second-order valence-corrected chi connectivity index (χ2v) is 3.56. The molecule has 0 amide bonds. The van der Waals surface area contributed by atoms with E-state index < -0.39 is 0 Å². The van der Waals surface area contributed by atoms with Gasteiger partial charge < -0.3 is 16.2 Å². The molecule has 16 heavy (non-hydrogen) atoms. The van der Waals surface area contributed by atoms with Crippen molar-refractivity contribution in [1.82, 2.24) is 9.78 Å². The molecule has 0 spiro atoms. The van der Waals surface area contributed by atoms with Crippen molar-refractivity contribution in [3.8, 4) is 11.6 Å². The Balaban J connectivity index is 2.52. The Bertz CT molecular complexity index is 501. The second kappa shape index (κ2) is 3.77. The van der Waals surface area contributed by atoms with E-state index in [0.29, 0.717) is 17.4 Å². The predicted octanol–water partition coefficient (Wildman–Crippen LogP) is 1.35. The summed E-state index contributed by atoms with van der Waals surface area (Å²) >= 11 is 0. The van der Waals surface area contributed by atoms with Crippen molar-refractivity contribution in [3.05, 3.63) is 29.8 Å². The molecule has 2 aromatic rings. The molecule has 1 aromatic carbocycles. The fourth-order valence-electron chi connectivity index (χ4n) is 1.46. The quantitative estimate of drug-likeness (QED) is 0.797. The summed E-state index contributed by atoms with van der Waals surface area (Å²) in [6, 6.07) is 7.83. The Labute approximate surface area is 93.6 Å². The fourth-order valence-corrected chi connectivity index (χ4v) is 1.46. The largest absolute Gasteiger partial charge is 0.478 e. The molecule has 0 bridgehead atoms. The number of benzene rings is 1. The summed E-state index contributed by atoms with van der Waals surface area (Å²) in [5, 5.41) is 4.17. The molecular weight excluding hydrogens is 204 g/mol. The van der Waals surface area contributed by atoms with Crippen LogP contribution in [0.5, 0.6) is 5.88 Å². The molecule has 0 aliphatic heterocycles. The van der Waals surface area contributed by atoms with Gasteiger partial charge in [-0.25, -0.2) is 4.68 Å². The van der Waals surface area contributed by atoms with Gasteiger partial charge in [-0.15, -0.1) is 5.10 Å². The minimum Gasteiger partial charge on any atom is -0.478 e. The van der Waals surface area contributed by atoms with E-state index in [0.717, 1.165) is 5.69 Å². The number of nitrogen functional groups attached to an aromatic ring is 2. The van der Waals surface area contributed by atoms with E-state index in [2.05, 4.69) is 5.10 Å². The van der Waals surface area contributed by atoms with Crippen molar-refractivity contribution < 1.29 is 4.74 Å². The molecule has 0 unspecified atom stereocenters. The number of rotatable bonds is 2. The van der Waals surface area contributed by atoms with Crippen molar-refractivity contribution in [1.29, 1.82) is 0 Å². The molecule has 5 nitrogen and oxygen atoms in total. The molecule has 0 radical (unpaired) electrons. The molecule has 5 heteroatoms. The minimum atomic E-state index is 0.345. The van der Waals surface area contributed by atoms with E-state index in [9.17, 15) is 0 Å². The number of hydrogen-bond donors (Lipinski definition) is 2. The molecular formula is C11H14N4O. The number of nitrogens with zero attached hydrogens (tertiary/aromatic N) is 2. The molecule has 0 aliphatic carbocycles. The van der Waals surface area contributed by atoms with Crippen LogP contribution in [0.4, 0.5) is 11.5 Å². The highest BCUT2D eigenvalue weighted by Gasteiger charge is 2.13. The lowest BCUT2D eigenvalue weighted by Gasteiger charge is -2.03. The van der Waals surface area contributed by atoms with Crippen molar-refractivity contribution in [2.24, 2.45) is 0 Å². The number of ether oxygens (including phenoxy) is 1. The van der Waals surface area contributed by atoms with Crippen molar-refractivity contribution >= 4 is 11.5 Å². The zero-order valence-electron chi connectivity index (χ0n) is 9.27. The van der Waals surface area contributed by atoms with Crippen LogP contribution in [0.25, 0.3) is 5.69 Å². The van der Waals surface area contributed by atoms with Crippen LogP contribution >= 0.6 is 0 Å². The summed E-state index contributed by atoms with van der Waals surface area (Å²) in [6.45, 7) is 2.02. The Morgan fingerprint density at radius 3 is 2.31 bits per heavy atom. The SMILES string of the molecule is COc1nn(-c2ccc(C)cc2)c(N)c1N. The van der Waals surface area contributed by atoms with Crippen molar-refractivity contribution in [2.45, 2.75) is 6.92 Å². The smallest absolute Gasteiger partial charge is 0.258 e. The molecule has 0 atom stereocenters. The molecule has 0 aliphatic rings. The topological polar surface area (TPSA) is 79.1 Å². The first-order valence-electron chi connectivity index (χ1n) is 4.88. The zero-order valence-corrected chi connectivity index (χ0v) is 9.27. The molecule has 0 saturated heterocycles. The van der Waals surface area contributed by atoms with Crippen LogP contribution in [0.15, 0.2) is 24.3 Å². The summed E-state index contributed by atoms with van der Waals surface area (Å²) < 4.78 is 6.58. The van der Waals surface area contributed by atoms with Gasteiger partial charge in [0.25, 0.3) is 5.88 Å². The van der Waals surface area contributed by atoms with Gasteiger partial charge in [0.2, 0.25) is 0 Å².